The molecule has 1 aromatic carbocycles. The first-order valence-corrected chi connectivity index (χ1v) is 8.89. The fourth-order valence-corrected chi connectivity index (χ4v) is 3.23. The van der Waals surface area contributed by atoms with Gasteiger partial charge in [-0.1, -0.05) is 47.5 Å². The van der Waals surface area contributed by atoms with Gasteiger partial charge in [0, 0.05) is 24.3 Å². The lowest BCUT2D eigenvalue weighted by Gasteiger charge is -2.30. The van der Waals surface area contributed by atoms with Gasteiger partial charge in [0.2, 0.25) is 0 Å². The standard InChI is InChI=1S/C21H20ClN3O/c1-26-20-8-11-24-21(19(20)15-23)25-12-9-16(10-13-25)4-2-5-17-6-3-7-18(22)14-17/h2-8,11,14H,9-10,12-13H2,1H3. The van der Waals surface area contributed by atoms with E-state index in [0.29, 0.717) is 17.1 Å². The monoisotopic (exact) mass is 365 g/mol. The number of allylic oxidation sites excluding steroid dienone is 2. The van der Waals surface area contributed by atoms with E-state index in [-0.39, 0.29) is 0 Å². The summed E-state index contributed by atoms with van der Waals surface area (Å²) in [6.45, 7) is 1.68. The molecule has 1 fully saturated rings. The van der Waals surface area contributed by atoms with Crippen molar-refractivity contribution in [2.24, 2.45) is 0 Å². The van der Waals surface area contributed by atoms with Crippen LogP contribution in [0.15, 0.2) is 54.3 Å². The highest BCUT2D eigenvalue weighted by Crippen LogP contribution is 2.29. The molecular weight excluding hydrogens is 346 g/mol. The van der Waals surface area contributed by atoms with Crippen LogP contribution in [-0.4, -0.2) is 25.2 Å². The molecule has 1 aliphatic heterocycles. The predicted molar refractivity (Wildman–Crippen MR) is 106 cm³/mol. The topological polar surface area (TPSA) is 49.1 Å². The SMILES string of the molecule is COc1ccnc(N2CCC(=CC=Cc3cccc(Cl)c3)CC2)c1C#N. The van der Waals surface area contributed by atoms with Crippen molar-refractivity contribution in [2.45, 2.75) is 12.8 Å². The third-order valence-electron chi connectivity index (χ3n) is 4.40. The van der Waals surface area contributed by atoms with Gasteiger partial charge in [-0.25, -0.2) is 4.98 Å². The molecule has 2 aromatic rings. The molecule has 4 nitrogen and oxygen atoms in total. The second-order valence-electron chi connectivity index (χ2n) is 6.05. The summed E-state index contributed by atoms with van der Waals surface area (Å²) in [5.41, 5.74) is 2.98. The maximum atomic E-state index is 9.43. The zero-order valence-corrected chi connectivity index (χ0v) is 15.4. The molecule has 0 N–H and O–H groups in total. The van der Waals surface area contributed by atoms with Gasteiger partial charge in [-0.05, 0) is 36.6 Å². The summed E-state index contributed by atoms with van der Waals surface area (Å²) in [5, 5.41) is 10.2. The maximum absolute atomic E-state index is 9.43. The Morgan fingerprint density at radius 3 is 2.77 bits per heavy atom. The molecule has 132 valence electrons. The zero-order valence-electron chi connectivity index (χ0n) is 14.7. The molecule has 0 spiro atoms. The number of methoxy groups -OCH3 is 1. The van der Waals surface area contributed by atoms with Gasteiger partial charge >= 0.3 is 0 Å². The Bertz CT molecular complexity index is 873. The van der Waals surface area contributed by atoms with E-state index in [0.717, 1.165) is 36.5 Å². The van der Waals surface area contributed by atoms with Crippen LogP contribution in [-0.2, 0) is 0 Å². The summed E-state index contributed by atoms with van der Waals surface area (Å²) in [6, 6.07) is 11.7. The number of aromatic nitrogens is 1. The molecule has 0 saturated carbocycles. The second-order valence-corrected chi connectivity index (χ2v) is 6.49. The van der Waals surface area contributed by atoms with Gasteiger partial charge in [0.25, 0.3) is 0 Å². The van der Waals surface area contributed by atoms with Crippen molar-refractivity contribution in [1.29, 1.82) is 5.26 Å². The van der Waals surface area contributed by atoms with E-state index in [1.165, 1.54) is 5.57 Å². The van der Waals surface area contributed by atoms with Crippen LogP contribution in [0.5, 0.6) is 5.75 Å². The smallest absolute Gasteiger partial charge is 0.150 e. The lowest BCUT2D eigenvalue weighted by Crippen LogP contribution is -2.32. The van der Waals surface area contributed by atoms with E-state index in [4.69, 9.17) is 16.3 Å². The third-order valence-corrected chi connectivity index (χ3v) is 4.63. The number of rotatable bonds is 4. The van der Waals surface area contributed by atoms with Crippen molar-refractivity contribution >= 4 is 23.5 Å². The first-order chi connectivity index (χ1) is 12.7. The van der Waals surface area contributed by atoms with Gasteiger partial charge in [0.1, 0.15) is 23.2 Å². The van der Waals surface area contributed by atoms with Crippen molar-refractivity contribution < 1.29 is 4.74 Å². The van der Waals surface area contributed by atoms with E-state index in [9.17, 15) is 5.26 Å². The van der Waals surface area contributed by atoms with Crippen LogP contribution in [0.25, 0.3) is 6.08 Å². The van der Waals surface area contributed by atoms with Gasteiger partial charge in [-0.3, -0.25) is 0 Å². The molecule has 0 bridgehead atoms. The summed E-state index contributed by atoms with van der Waals surface area (Å²) >= 11 is 6.00. The van der Waals surface area contributed by atoms with Gasteiger partial charge in [0.05, 0.1) is 7.11 Å². The van der Waals surface area contributed by atoms with Crippen molar-refractivity contribution in [2.75, 3.05) is 25.1 Å². The second kappa shape index (κ2) is 8.55. The minimum atomic E-state index is 0.503. The average molecular weight is 366 g/mol. The molecule has 3 rings (SSSR count). The Labute approximate surface area is 159 Å². The molecule has 1 aromatic heterocycles. The number of piperidine rings is 1. The van der Waals surface area contributed by atoms with E-state index in [1.807, 2.05) is 24.3 Å². The van der Waals surface area contributed by atoms with Crippen molar-refractivity contribution in [1.82, 2.24) is 4.98 Å². The Morgan fingerprint density at radius 1 is 1.27 bits per heavy atom. The Kier molecular flexibility index (Phi) is 5.93. The van der Waals surface area contributed by atoms with Gasteiger partial charge in [-0.2, -0.15) is 5.26 Å². The van der Waals surface area contributed by atoms with Crippen LogP contribution in [0.3, 0.4) is 0 Å². The summed E-state index contributed by atoms with van der Waals surface area (Å²) in [7, 11) is 1.57. The minimum Gasteiger partial charge on any atom is -0.495 e. The number of hydrogen-bond acceptors (Lipinski definition) is 4. The van der Waals surface area contributed by atoms with Crippen LogP contribution in [0.1, 0.15) is 24.0 Å². The number of anilines is 1. The normalized spacial score (nSPS) is 14.3. The number of ether oxygens (including phenoxy) is 1. The molecule has 0 amide bonds. The molecule has 0 atom stereocenters. The summed E-state index contributed by atoms with van der Waals surface area (Å²) in [5.74, 6) is 1.28. The largest absolute Gasteiger partial charge is 0.495 e. The number of halogens is 1. The minimum absolute atomic E-state index is 0.503. The fraction of sp³-hybridized carbons (Fsp3) is 0.238. The summed E-state index contributed by atoms with van der Waals surface area (Å²) in [4.78, 5) is 6.55. The van der Waals surface area contributed by atoms with Gasteiger partial charge in [0.15, 0.2) is 0 Å². The summed E-state index contributed by atoms with van der Waals surface area (Å²) in [6.07, 6.45) is 9.88. The van der Waals surface area contributed by atoms with Crippen molar-refractivity contribution in [3.8, 4) is 11.8 Å². The van der Waals surface area contributed by atoms with Crippen LogP contribution < -0.4 is 9.64 Å². The first-order valence-electron chi connectivity index (χ1n) is 8.51. The fourth-order valence-electron chi connectivity index (χ4n) is 3.03. The Morgan fingerprint density at radius 2 is 2.08 bits per heavy atom. The highest BCUT2D eigenvalue weighted by Gasteiger charge is 2.20. The van der Waals surface area contributed by atoms with Crippen LogP contribution in [0.4, 0.5) is 5.82 Å². The molecule has 26 heavy (non-hydrogen) atoms. The average Bonchev–Trinajstić information content (AvgIpc) is 2.68. The molecule has 1 aliphatic rings. The summed E-state index contributed by atoms with van der Waals surface area (Å²) < 4.78 is 5.27. The van der Waals surface area contributed by atoms with E-state index in [2.05, 4.69) is 34.2 Å². The molecule has 2 heterocycles. The van der Waals surface area contributed by atoms with Crippen molar-refractivity contribution in [3.63, 3.8) is 0 Å². The maximum Gasteiger partial charge on any atom is 0.150 e. The Balaban J connectivity index is 1.65. The Hall–Kier alpha value is -2.77. The van der Waals surface area contributed by atoms with Crippen molar-refractivity contribution in [3.05, 3.63) is 70.4 Å². The first kappa shape index (κ1) is 18.0. The molecule has 0 aliphatic carbocycles. The predicted octanol–water partition coefficient (Wildman–Crippen LogP) is 4.86. The highest BCUT2D eigenvalue weighted by molar-refractivity contribution is 6.30. The van der Waals surface area contributed by atoms with Crippen LogP contribution in [0.2, 0.25) is 5.02 Å². The van der Waals surface area contributed by atoms with Crippen LogP contribution in [0, 0.1) is 11.3 Å². The number of pyridine rings is 1. The lowest BCUT2D eigenvalue weighted by molar-refractivity contribution is 0.412. The zero-order chi connectivity index (χ0) is 18.4. The molecule has 5 heteroatoms. The van der Waals surface area contributed by atoms with Crippen LogP contribution >= 0.6 is 11.6 Å². The molecule has 0 radical (unpaired) electrons. The number of benzene rings is 1. The molecule has 0 unspecified atom stereocenters. The van der Waals surface area contributed by atoms with E-state index < -0.39 is 0 Å². The lowest BCUT2D eigenvalue weighted by atomic mass is 10.0. The van der Waals surface area contributed by atoms with E-state index in [1.54, 1.807) is 19.4 Å². The van der Waals surface area contributed by atoms with Gasteiger partial charge < -0.3 is 9.64 Å². The van der Waals surface area contributed by atoms with Gasteiger partial charge in [-0.15, -0.1) is 0 Å². The van der Waals surface area contributed by atoms with E-state index >= 15 is 0 Å². The highest BCUT2D eigenvalue weighted by atomic mass is 35.5. The number of nitriles is 1. The third kappa shape index (κ3) is 4.25. The quantitative estimate of drug-likeness (QED) is 0.776. The molecular formula is C21H20ClN3O. The number of nitrogens with zero attached hydrogens (tertiary/aromatic N) is 3. The molecule has 1 saturated heterocycles. The number of hydrogen-bond donors (Lipinski definition) is 0.